The van der Waals surface area contributed by atoms with Crippen molar-refractivity contribution in [1.29, 1.82) is 0 Å². The molecule has 0 radical (unpaired) electrons. The van der Waals surface area contributed by atoms with E-state index in [2.05, 4.69) is 18.4 Å². The minimum atomic E-state index is -0.851. The SMILES string of the molecule is COCCn1c(C)c(C)c2cc(C(=O)N3CC[C@@](C)(C(=O)O)C3)ccc21. The lowest BCUT2D eigenvalue weighted by molar-refractivity contribution is -0.147. The van der Waals surface area contributed by atoms with Gasteiger partial charge >= 0.3 is 5.97 Å². The number of methoxy groups -OCH3 is 1. The van der Waals surface area contributed by atoms with Crippen molar-refractivity contribution in [2.45, 2.75) is 33.7 Å². The third-order valence-corrected chi connectivity index (χ3v) is 5.68. The monoisotopic (exact) mass is 358 g/mol. The summed E-state index contributed by atoms with van der Waals surface area (Å²) in [6.07, 6.45) is 0.488. The highest BCUT2D eigenvalue weighted by Gasteiger charge is 2.42. The lowest BCUT2D eigenvalue weighted by atomic mass is 9.90. The van der Waals surface area contributed by atoms with E-state index < -0.39 is 11.4 Å². The molecule has 140 valence electrons. The lowest BCUT2D eigenvalue weighted by Gasteiger charge is -2.20. The number of hydrogen-bond donors (Lipinski definition) is 1. The quantitative estimate of drug-likeness (QED) is 0.892. The van der Waals surface area contributed by atoms with Crippen LogP contribution in [0.1, 0.15) is 35.0 Å². The van der Waals surface area contributed by atoms with E-state index in [9.17, 15) is 14.7 Å². The van der Waals surface area contributed by atoms with Crippen molar-refractivity contribution >= 4 is 22.8 Å². The van der Waals surface area contributed by atoms with Gasteiger partial charge in [0.1, 0.15) is 0 Å². The van der Waals surface area contributed by atoms with Crippen LogP contribution in [0.15, 0.2) is 18.2 Å². The fourth-order valence-electron chi connectivity index (χ4n) is 3.75. The zero-order valence-corrected chi connectivity index (χ0v) is 15.8. The number of aromatic nitrogens is 1. The Balaban J connectivity index is 1.91. The van der Waals surface area contributed by atoms with Gasteiger partial charge in [0.25, 0.3) is 5.91 Å². The Hall–Kier alpha value is -2.34. The Morgan fingerprint density at radius 2 is 2.04 bits per heavy atom. The van der Waals surface area contributed by atoms with Crippen molar-refractivity contribution in [1.82, 2.24) is 9.47 Å². The van der Waals surface area contributed by atoms with Crippen molar-refractivity contribution in [2.75, 3.05) is 26.8 Å². The van der Waals surface area contributed by atoms with Crippen LogP contribution in [-0.2, 0) is 16.1 Å². The molecule has 26 heavy (non-hydrogen) atoms. The summed E-state index contributed by atoms with van der Waals surface area (Å²) < 4.78 is 7.41. The topological polar surface area (TPSA) is 71.8 Å². The first-order valence-electron chi connectivity index (χ1n) is 8.89. The summed E-state index contributed by atoms with van der Waals surface area (Å²) in [6, 6.07) is 5.74. The lowest BCUT2D eigenvalue weighted by Crippen LogP contribution is -2.34. The highest BCUT2D eigenvalue weighted by molar-refractivity contribution is 5.99. The van der Waals surface area contributed by atoms with Crippen molar-refractivity contribution in [3.63, 3.8) is 0 Å². The molecule has 2 heterocycles. The number of carbonyl (C=O) groups excluding carboxylic acids is 1. The van der Waals surface area contributed by atoms with Crippen LogP contribution in [0.2, 0.25) is 0 Å². The maximum atomic E-state index is 12.9. The number of ether oxygens (including phenoxy) is 1. The second kappa shape index (κ2) is 6.76. The Bertz CT molecular complexity index is 870. The molecule has 1 fully saturated rings. The molecule has 1 aromatic heterocycles. The van der Waals surface area contributed by atoms with Gasteiger partial charge < -0.3 is 19.3 Å². The minimum Gasteiger partial charge on any atom is -0.481 e. The van der Waals surface area contributed by atoms with Gasteiger partial charge in [-0.2, -0.15) is 0 Å². The van der Waals surface area contributed by atoms with Crippen molar-refractivity contribution in [3.05, 3.63) is 35.0 Å². The van der Waals surface area contributed by atoms with E-state index >= 15 is 0 Å². The first-order chi connectivity index (χ1) is 12.3. The molecule has 3 rings (SSSR count). The molecule has 6 nitrogen and oxygen atoms in total. The normalized spacial score (nSPS) is 20.1. The molecule has 1 amide bonds. The number of benzene rings is 1. The van der Waals surface area contributed by atoms with Crippen molar-refractivity contribution in [2.24, 2.45) is 5.41 Å². The molecular formula is C20H26N2O4. The number of nitrogens with zero attached hydrogens (tertiary/aromatic N) is 2. The zero-order chi connectivity index (χ0) is 19.1. The van der Waals surface area contributed by atoms with Gasteiger partial charge in [-0.15, -0.1) is 0 Å². The van der Waals surface area contributed by atoms with Crippen LogP contribution in [0.4, 0.5) is 0 Å². The molecule has 1 aliphatic rings. The summed E-state index contributed by atoms with van der Waals surface area (Å²) in [5, 5.41) is 10.4. The van der Waals surface area contributed by atoms with Crippen LogP contribution in [0.5, 0.6) is 0 Å². The van der Waals surface area contributed by atoms with Gasteiger partial charge in [0.2, 0.25) is 0 Å². The van der Waals surface area contributed by atoms with Crippen LogP contribution in [0.25, 0.3) is 10.9 Å². The number of amides is 1. The number of hydrogen-bond acceptors (Lipinski definition) is 3. The van der Waals surface area contributed by atoms with E-state index in [1.807, 2.05) is 18.2 Å². The highest BCUT2D eigenvalue weighted by Crippen LogP contribution is 2.32. The average Bonchev–Trinajstić information content (AvgIpc) is 3.13. The Kier molecular flexibility index (Phi) is 4.80. The number of carboxylic acids is 1. The molecule has 6 heteroatoms. The first-order valence-corrected chi connectivity index (χ1v) is 8.89. The summed E-state index contributed by atoms with van der Waals surface area (Å²) in [4.78, 5) is 26.0. The van der Waals surface area contributed by atoms with Crippen LogP contribution < -0.4 is 0 Å². The molecular weight excluding hydrogens is 332 g/mol. The molecule has 1 atom stereocenters. The maximum absolute atomic E-state index is 12.9. The minimum absolute atomic E-state index is 0.0985. The zero-order valence-electron chi connectivity index (χ0n) is 15.8. The third kappa shape index (κ3) is 2.98. The number of fused-ring (bicyclic) bond motifs is 1. The summed E-state index contributed by atoms with van der Waals surface area (Å²) in [5.74, 6) is -0.941. The van der Waals surface area contributed by atoms with Gasteiger partial charge in [-0.25, -0.2) is 0 Å². The Labute approximate surface area is 153 Å². The summed E-state index contributed by atoms with van der Waals surface area (Å²) in [5.41, 5.74) is 3.17. The summed E-state index contributed by atoms with van der Waals surface area (Å²) >= 11 is 0. The number of likely N-dealkylation sites (tertiary alicyclic amines) is 1. The number of carbonyl (C=O) groups is 2. The number of rotatable bonds is 5. The molecule has 1 saturated heterocycles. The predicted octanol–water partition coefficient (Wildman–Crippen LogP) is 2.84. The number of aryl methyl sites for hydroxylation is 1. The van der Waals surface area contributed by atoms with E-state index in [1.165, 1.54) is 5.69 Å². The fourth-order valence-corrected chi connectivity index (χ4v) is 3.75. The highest BCUT2D eigenvalue weighted by atomic mass is 16.5. The largest absolute Gasteiger partial charge is 0.481 e. The third-order valence-electron chi connectivity index (χ3n) is 5.68. The van der Waals surface area contributed by atoms with E-state index in [4.69, 9.17) is 4.74 Å². The van der Waals surface area contributed by atoms with Crippen LogP contribution in [-0.4, -0.2) is 53.3 Å². The standard InChI is InChI=1S/C20H26N2O4/c1-13-14(2)22(9-10-26-4)17-6-5-15(11-16(13)17)18(23)21-8-7-20(3,12-21)19(24)25/h5-6,11H,7-10,12H2,1-4H3,(H,24,25)/t20-/m1/s1. The molecule has 1 N–H and O–H groups in total. The summed E-state index contributed by atoms with van der Waals surface area (Å²) in [6.45, 7) is 7.97. The Morgan fingerprint density at radius 3 is 2.65 bits per heavy atom. The number of carboxylic acid groups (broad SMARTS) is 1. The molecule has 0 spiro atoms. The maximum Gasteiger partial charge on any atom is 0.311 e. The molecule has 2 aromatic rings. The van der Waals surface area contributed by atoms with E-state index in [0.717, 1.165) is 23.0 Å². The Morgan fingerprint density at radius 1 is 1.31 bits per heavy atom. The number of aliphatic carboxylic acids is 1. The van der Waals surface area contributed by atoms with Gasteiger partial charge in [-0.1, -0.05) is 0 Å². The van der Waals surface area contributed by atoms with Crippen molar-refractivity contribution < 1.29 is 19.4 Å². The molecule has 0 saturated carbocycles. The predicted molar refractivity (Wildman–Crippen MR) is 99.6 cm³/mol. The van der Waals surface area contributed by atoms with E-state index in [1.54, 1.807) is 18.9 Å². The van der Waals surface area contributed by atoms with Gasteiger partial charge in [0.05, 0.1) is 12.0 Å². The molecule has 0 aliphatic carbocycles. The van der Waals surface area contributed by atoms with Gasteiger partial charge in [0.15, 0.2) is 0 Å². The van der Waals surface area contributed by atoms with Gasteiger partial charge in [0, 0.05) is 48.9 Å². The fraction of sp³-hybridized carbons (Fsp3) is 0.500. The first kappa shape index (κ1) is 18.5. The van der Waals surface area contributed by atoms with Gasteiger partial charge in [-0.3, -0.25) is 9.59 Å². The molecule has 1 aromatic carbocycles. The van der Waals surface area contributed by atoms with Crippen LogP contribution in [0, 0.1) is 19.3 Å². The second-order valence-electron chi connectivity index (χ2n) is 7.43. The van der Waals surface area contributed by atoms with Gasteiger partial charge in [-0.05, 0) is 51.0 Å². The summed E-state index contributed by atoms with van der Waals surface area (Å²) in [7, 11) is 1.69. The second-order valence-corrected chi connectivity index (χ2v) is 7.43. The average molecular weight is 358 g/mol. The van der Waals surface area contributed by atoms with Crippen LogP contribution >= 0.6 is 0 Å². The smallest absolute Gasteiger partial charge is 0.311 e. The van der Waals surface area contributed by atoms with Crippen LogP contribution in [0.3, 0.4) is 0 Å². The van der Waals surface area contributed by atoms with Crippen molar-refractivity contribution in [3.8, 4) is 0 Å². The molecule has 0 bridgehead atoms. The molecule has 0 unspecified atom stereocenters. The molecule has 1 aliphatic heterocycles. The van der Waals surface area contributed by atoms with E-state index in [0.29, 0.717) is 25.1 Å². The van der Waals surface area contributed by atoms with E-state index in [-0.39, 0.29) is 12.5 Å².